The molecule has 1 aromatic carbocycles. The maximum atomic E-state index is 12.1. The fraction of sp³-hybridized carbons (Fsp3) is 0.182. The lowest BCUT2D eigenvalue weighted by molar-refractivity contribution is 0.340. The van der Waals surface area contributed by atoms with Crippen LogP contribution in [0.1, 0.15) is 6.92 Å². The Balaban J connectivity index is 2.36. The van der Waals surface area contributed by atoms with E-state index in [1.165, 1.54) is 24.4 Å². The third kappa shape index (κ3) is 2.30. The van der Waals surface area contributed by atoms with Gasteiger partial charge in [0.2, 0.25) is 0 Å². The summed E-state index contributed by atoms with van der Waals surface area (Å²) in [4.78, 5) is 0.133. The minimum absolute atomic E-state index is 0.133. The molecule has 18 heavy (non-hydrogen) atoms. The van der Waals surface area contributed by atoms with Crippen LogP contribution in [0.15, 0.2) is 41.4 Å². The van der Waals surface area contributed by atoms with E-state index in [0.717, 1.165) is 4.09 Å². The van der Waals surface area contributed by atoms with Crippen LogP contribution in [0.4, 0.5) is 5.82 Å². The normalized spacial score (nSPS) is 11.4. The Hall–Kier alpha value is -2.02. The van der Waals surface area contributed by atoms with Crippen molar-refractivity contribution in [3.05, 3.63) is 36.5 Å². The van der Waals surface area contributed by atoms with Gasteiger partial charge in [-0.25, -0.2) is 0 Å². The Labute approximate surface area is 105 Å². The van der Waals surface area contributed by atoms with Gasteiger partial charge in [0.1, 0.15) is 11.6 Å². The van der Waals surface area contributed by atoms with Crippen molar-refractivity contribution < 1.29 is 13.2 Å². The van der Waals surface area contributed by atoms with Crippen LogP contribution in [-0.2, 0) is 10.0 Å². The van der Waals surface area contributed by atoms with Gasteiger partial charge in [-0.15, -0.1) is 5.10 Å². The third-order valence-corrected chi connectivity index (χ3v) is 3.83. The van der Waals surface area contributed by atoms with Crippen molar-refractivity contribution in [2.75, 3.05) is 12.3 Å². The molecule has 0 amide bonds. The molecule has 0 radical (unpaired) electrons. The molecule has 96 valence electrons. The summed E-state index contributed by atoms with van der Waals surface area (Å²) in [6, 6.07) is 7.56. The van der Waals surface area contributed by atoms with E-state index < -0.39 is 10.0 Å². The van der Waals surface area contributed by atoms with Crippen LogP contribution in [0.3, 0.4) is 0 Å². The van der Waals surface area contributed by atoms with E-state index in [0.29, 0.717) is 12.4 Å². The topological polar surface area (TPSA) is 87.2 Å². The van der Waals surface area contributed by atoms with Crippen molar-refractivity contribution in [1.29, 1.82) is 0 Å². The summed E-state index contributed by atoms with van der Waals surface area (Å²) in [7, 11) is -3.68. The van der Waals surface area contributed by atoms with E-state index in [1.807, 2.05) is 6.92 Å². The highest BCUT2D eigenvalue weighted by Gasteiger charge is 2.17. The molecule has 0 aliphatic heterocycles. The second kappa shape index (κ2) is 4.69. The van der Waals surface area contributed by atoms with E-state index in [2.05, 4.69) is 5.10 Å². The van der Waals surface area contributed by atoms with Crippen LogP contribution in [0.25, 0.3) is 0 Å². The molecular weight excluding hydrogens is 254 g/mol. The minimum atomic E-state index is -3.68. The quantitative estimate of drug-likeness (QED) is 0.896. The lowest BCUT2D eigenvalue weighted by Crippen LogP contribution is -2.13. The number of nitrogens with two attached hydrogens (primary N) is 1. The Morgan fingerprint density at radius 3 is 2.44 bits per heavy atom. The predicted molar refractivity (Wildman–Crippen MR) is 66.8 cm³/mol. The van der Waals surface area contributed by atoms with Crippen LogP contribution < -0.4 is 10.5 Å². The first-order chi connectivity index (χ1) is 8.54. The van der Waals surface area contributed by atoms with Gasteiger partial charge in [-0.1, -0.05) is 0 Å². The maximum Gasteiger partial charge on any atom is 0.283 e. The van der Waals surface area contributed by atoms with Crippen molar-refractivity contribution in [2.24, 2.45) is 0 Å². The summed E-state index contributed by atoms with van der Waals surface area (Å²) in [6.07, 6.45) is 1.31. The SMILES string of the molecule is CCOc1ccc(S(=O)(=O)n2ccc(N)n2)cc1. The van der Waals surface area contributed by atoms with Crippen molar-refractivity contribution >= 4 is 15.8 Å². The van der Waals surface area contributed by atoms with E-state index >= 15 is 0 Å². The van der Waals surface area contributed by atoms with Crippen molar-refractivity contribution in [3.63, 3.8) is 0 Å². The molecule has 0 atom stereocenters. The molecule has 0 saturated heterocycles. The van der Waals surface area contributed by atoms with E-state index in [1.54, 1.807) is 12.1 Å². The maximum absolute atomic E-state index is 12.1. The zero-order chi connectivity index (χ0) is 13.2. The second-order valence-corrected chi connectivity index (χ2v) is 5.32. The smallest absolute Gasteiger partial charge is 0.283 e. The lowest BCUT2D eigenvalue weighted by atomic mass is 10.3. The Morgan fingerprint density at radius 2 is 1.94 bits per heavy atom. The Morgan fingerprint density at radius 1 is 1.28 bits per heavy atom. The molecule has 0 fully saturated rings. The number of benzene rings is 1. The number of nitrogen functional groups attached to an aromatic ring is 1. The average Bonchev–Trinajstić information content (AvgIpc) is 2.78. The summed E-state index contributed by atoms with van der Waals surface area (Å²) >= 11 is 0. The van der Waals surface area contributed by atoms with E-state index in [9.17, 15) is 8.42 Å². The van der Waals surface area contributed by atoms with Gasteiger partial charge in [0, 0.05) is 12.3 Å². The molecular formula is C11H13N3O3S. The largest absolute Gasteiger partial charge is 0.494 e. The summed E-state index contributed by atoms with van der Waals surface area (Å²) in [6.45, 7) is 2.39. The molecule has 0 saturated carbocycles. The number of ether oxygens (including phenoxy) is 1. The Kier molecular flexibility index (Phi) is 3.24. The van der Waals surface area contributed by atoms with Gasteiger partial charge in [0.15, 0.2) is 0 Å². The fourth-order valence-electron chi connectivity index (χ4n) is 1.44. The van der Waals surface area contributed by atoms with Gasteiger partial charge in [0.05, 0.1) is 11.5 Å². The number of aromatic nitrogens is 2. The van der Waals surface area contributed by atoms with Crippen LogP contribution in [-0.4, -0.2) is 24.2 Å². The van der Waals surface area contributed by atoms with Gasteiger partial charge >= 0.3 is 0 Å². The molecule has 6 nitrogen and oxygen atoms in total. The fourth-order valence-corrected chi connectivity index (χ4v) is 2.56. The first-order valence-electron chi connectivity index (χ1n) is 5.33. The highest BCUT2D eigenvalue weighted by molar-refractivity contribution is 7.89. The van der Waals surface area contributed by atoms with Crippen molar-refractivity contribution in [2.45, 2.75) is 11.8 Å². The molecule has 1 aromatic heterocycles. The molecule has 7 heteroatoms. The molecule has 0 aliphatic rings. The van der Waals surface area contributed by atoms with Crippen LogP contribution >= 0.6 is 0 Å². The molecule has 1 heterocycles. The van der Waals surface area contributed by atoms with E-state index in [4.69, 9.17) is 10.5 Å². The summed E-state index contributed by atoms with van der Waals surface area (Å²) < 4.78 is 30.3. The van der Waals surface area contributed by atoms with Gasteiger partial charge in [-0.2, -0.15) is 12.5 Å². The van der Waals surface area contributed by atoms with Gasteiger partial charge in [-0.05, 0) is 31.2 Å². The standard InChI is InChI=1S/C11H13N3O3S/c1-2-17-9-3-5-10(6-4-9)18(15,16)14-8-7-11(12)13-14/h3-8H,2H2,1H3,(H2,12,13). The second-order valence-electron chi connectivity index (χ2n) is 3.52. The lowest BCUT2D eigenvalue weighted by Gasteiger charge is -2.06. The number of nitrogens with zero attached hydrogens (tertiary/aromatic N) is 2. The van der Waals surface area contributed by atoms with Crippen LogP contribution in [0.5, 0.6) is 5.75 Å². The number of hydrogen-bond donors (Lipinski definition) is 1. The molecule has 2 N–H and O–H groups in total. The number of hydrogen-bond acceptors (Lipinski definition) is 5. The van der Waals surface area contributed by atoms with E-state index in [-0.39, 0.29) is 10.7 Å². The summed E-state index contributed by atoms with van der Waals surface area (Å²) in [5.41, 5.74) is 5.40. The average molecular weight is 267 g/mol. The van der Waals surface area contributed by atoms with Crippen molar-refractivity contribution in [3.8, 4) is 5.75 Å². The molecule has 0 bridgehead atoms. The van der Waals surface area contributed by atoms with Crippen LogP contribution in [0.2, 0.25) is 0 Å². The molecule has 2 rings (SSSR count). The third-order valence-electron chi connectivity index (χ3n) is 2.27. The highest BCUT2D eigenvalue weighted by Crippen LogP contribution is 2.18. The monoisotopic (exact) mass is 267 g/mol. The molecule has 0 unspecified atom stereocenters. The highest BCUT2D eigenvalue weighted by atomic mass is 32.2. The summed E-state index contributed by atoms with van der Waals surface area (Å²) in [5, 5.41) is 3.69. The van der Waals surface area contributed by atoms with Crippen molar-refractivity contribution in [1.82, 2.24) is 9.19 Å². The zero-order valence-electron chi connectivity index (χ0n) is 9.78. The van der Waals surface area contributed by atoms with Gasteiger partial charge in [0.25, 0.3) is 10.0 Å². The predicted octanol–water partition coefficient (Wildman–Crippen LogP) is 1.10. The number of rotatable bonds is 4. The minimum Gasteiger partial charge on any atom is -0.494 e. The summed E-state index contributed by atoms with van der Waals surface area (Å²) in [5.74, 6) is 0.779. The Bertz CT molecular complexity index is 632. The first-order valence-corrected chi connectivity index (χ1v) is 6.77. The molecule has 0 aliphatic carbocycles. The zero-order valence-corrected chi connectivity index (χ0v) is 10.6. The first kappa shape index (κ1) is 12.4. The molecule has 0 spiro atoms. The van der Waals surface area contributed by atoms with Gasteiger partial charge < -0.3 is 10.5 Å². The molecule has 2 aromatic rings. The van der Waals surface area contributed by atoms with Crippen LogP contribution in [0, 0.1) is 0 Å². The van der Waals surface area contributed by atoms with Gasteiger partial charge in [-0.3, -0.25) is 0 Å². The number of anilines is 1.